The van der Waals surface area contributed by atoms with Gasteiger partial charge in [0.05, 0.1) is 4.90 Å². The third-order valence-corrected chi connectivity index (χ3v) is 14.3. The highest BCUT2D eigenvalue weighted by Gasteiger charge is 2.41. The van der Waals surface area contributed by atoms with Crippen LogP contribution in [0.4, 0.5) is 17.1 Å². The number of allylic oxidation sites excluding steroid dienone is 1. The van der Waals surface area contributed by atoms with Crippen molar-refractivity contribution in [2.45, 2.75) is 69.1 Å². The lowest BCUT2D eigenvalue weighted by Crippen LogP contribution is -2.47. The van der Waals surface area contributed by atoms with Gasteiger partial charge in [0.2, 0.25) is 0 Å². The molecule has 0 bridgehead atoms. The third kappa shape index (κ3) is 10.2. The summed E-state index contributed by atoms with van der Waals surface area (Å²) in [5.41, 5.74) is 25.0. The summed E-state index contributed by atoms with van der Waals surface area (Å²) < 4.78 is 22.1. The Balaban J connectivity index is 0.965. The van der Waals surface area contributed by atoms with Gasteiger partial charge in [-0.15, -0.1) is 0 Å². The van der Waals surface area contributed by atoms with Crippen LogP contribution < -0.4 is 21.1 Å². The highest BCUT2D eigenvalue weighted by atomic mass is 35.5. The molecule has 8 rings (SSSR count). The van der Waals surface area contributed by atoms with Crippen LogP contribution in [0.5, 0.6) is 0 Å². The fraction of sp³-hybridized carbons (Fsp3) is 0.388. The molecular weight excluding hydrogens is 800 g/mol. The van der Waals surface area contributed by atoms with Crippen LogP contribution in [-0.2, 0) is 22.1 Å². The minimum absolute atomic E-state index is 0.427. The number of benzene rings is 3. The second-order valence-electron chi connectivity index (χ2n) is 17.1. The predicted octanol–water partition coefficient (Wildman–Crippen LogP) is 9.42. The van der Waals surface area contributed by atoms with Crippen molar-refractivity contribution < 1.29 is 8.95 Å². The Bertz CT molecular complexity index is 2410. The number of nitrogens with one attached hydrogen (secondary N) is 2. The van der Waals surface area contributed by atoms with E-state index in [1.807, 2.05) is 30.6 Å². The zero-order valence-corrected chi connectivity index (χ0v) is 36.9. The molecule has 1 saturated heterocycles. The zero-order chi connectivity index (χ0) is 42.3. The number of methoxy groups -OCH3 is 1. The Hall–Kier alpha value is -4.94. The third-order valence-electron chi connectivity index (χ3n) is 13.0. The van der Waals surface area contributed by atoms with E-state index in [9.17, 15) is 4.21 Å². The number of ether oxygens (including phenoxy) is 1. The van der Waals surface area contributed by atoms with Crippen molar-refractivity contribution >= 4 is 68.2 Å². The first-order valence-electron chi connectivity index (χ1n) is 21.7. The SMILES string of the molecule is C=C(NS(=O)c1cc(N)c(C=NCCCCCOC)c(N)c1)c1ccc(N2CCN(CC3=C(c4ccc(Cl)cc4)CC4(CCC4)CC3)CC2)cc1Cc1cnc2[nH]ccc2c1. The number of nitrogen functional groups attached to an aromatic ring is 2. The maximum atomic E-state index is 13.8. The Kier molecular flexibility index (Phi) is 13.6. The lowest BCUT2D eigenvalue weighted by molar-refractivity contribution is 0.118. The monoisotopic (exact) mass is 858 g/mol. The summed E-state index contributed by atoms with van der Waals surface area (Å²) in [6, 6.07) is 22.7. The van der Waals surface area contributed by atoms with Gasteiger partial charge in [0.25, 0.3) is 0 Å². The summed E-state index contributed by atoms with van der Waals surface area (Å²) in [7, 11) is 0.0473. The molecule has 3 aromatic carbocycles. The van der Waals surface area contributed by atoms with Crippen molar-refractivity contribution in [3.05, 3.63) is 124 Å². The number of halogens is 1. The number of hydrogen-bond acceptors (Lipinski definition) is 8. The van der Waals surface area contributed by atoms with E-state index >= 15 is 0 Å². The number of H-pyrrole nitrogens is 1. The molecule has 0 radical (unpaired) electrons. The Morgan fingerprint density at radius 3 is 2.54 bits per heavy atom. The average Bonchev–Trinajstić information content (AvgIpc) is 3.72. The molecule has 1 aliphatic heterocycles. The van der Waals surface area contributed by atoms with Crippen LogP contribution in [0.1, 0.15) is 85.6 Å². The number of aromatic nitrogens is 2. The molecule has 10 nitrogen and oxygen atoms in total. The quantitative estimate of drug-likeness (QED) is 0.0416. The summed E-state index contributed by atoms with van der Waals surface area (Å²) in [5.74, 6) is 0. The van der Waals surface area contributed by atoms with Crippen molar-refractivity contribution in [1.29, 1.82) is 0 Å². The van der Waals surface area contributed by atoms with Gasteiger partial charge in [-0.1, -0.05) is 48.4 Å². The van der Waals surface area contributed by atoms with Gasteiger partial charge in [0, 0.05) is 116 Å². The van der Waals surface area contributed by atoms with E-state index in [2.05, 4.69) is 72.5 Å². The van der Waals surface area contributed by atoms with Gasteiger partial charge in [-0.2, -0.15) is 0 Å². The van der Waals surface area contributed by atoms with E-state index in [1.54, 1.807) is 36.6 Å². The standard InChI is InChI=1S/C49H59ClN8O2S/c1-34(56-61(59)42-28-46(51)45(47(52)29-42)32-53-18-4-3-5-24-60-2)43-12-11-41(27-39(43)26-35-25-37-14-19-54-48(37)55-31-35)58-22-20-57(21-23-58)33-38-13-17-49(15-6-16-49)30-44(38)36-7-9-40(50)10-8-36/h7-12,14,19,25,27-29,31-32,56H,1,3-6,13,15-18,20-24,26,30,33,51-52H2,2H3,(H,54,55). The molecular formula is C49H59ClN8O2S. The normalized spacial score (nSPS) is 17.3. The van der Waals surface area contributed by atoms with Crippen LogP contribution in [-0.4, -0.2) is 78.3 Å². The smallest absolute Gasteiger partial charge is 0.150 e. The number of unbranched alkanes of at least 4 members (excludes halogenated alkanes) is 2. The summed E-state index contributed by atoms with van der Waals surface area (Å²) in [6.45, 7) is 10.7. The number of aliphatic imine (C=N–C) groups is 1. The van der Waals surface area contributed by atoms with Gasteiger partial charge in [0.1, 0.15) is 16.6 Å². The number of rotatable bonds is 17. The van der Waals surface area contributed by atoms with Gasteiger partial charge < -0.3 is 30.8 Å². The molecule has 1 unspecified atom stereocenters. The molecule has 1 atom stereocenters. The molecule has 61 heavy (non-hydrogen) atoms. The number of fused-ring (bicyclic) bond motifs is 1. The van der Waals surface area contributed by atoms with Gasteiger partial charge >= 0.3 is 0 Å². The topological polar surface area (TPSA) is 138 Å². The van der Waals surface area contributed by atoms with Crippen LogP contribution in [0.25, 0.3) is 22.3 Å². The zero-order valence-electron chi connectivity index (χ0n) is 35.4. The molecule has 1 spiro atoms. The van der Waals surface area contributed by atoms with Gasteiger partial charge in [0.15, 0.2) is 0 Å². The second-order valence-corrected chi connectivity index (χ2v) is 18.8. The number of pyridine rings is 1. The maximum Gasteiger partial charge on any atom is 0.150 e. The Labute approximate surface area is 368 Å². The molecule has 2 aromatic heterocycles. The van der Waals surface area contributed by atoms with Crippen molar-refractivity contribution in [1.82, 2.24) is 19.6 Å². The maximum absolute atomic E-state index is 13.8. The average molecular weight is 860 g/mol. The van der Waals surface area contributed by atoms with Crippen LogP contribution in [0.15, 0.2) is 101 Å². The summed E-state index contributed by atoms with van der Waals surface area (Å²) in [5, 5.41) is 1.85. The largest absolute Gasteiger partial charge is 0.398 e. The van der Waals surface area contributed by atoms with E-state index in [0.717, 1.165) is 91.3 Å². The number of anilines is 3. The highest BCUT2D eigenvalue weighted by Crippen LogP contribution is 2.55. The minimum Gasteiger partial charge on any atom is -0.398 e. The first-order chi connectivity index (χ1) is 29.7. The van der Waals surface area contributed by atoms with E-state index in [-0.39, 0.29) is 0 Å². The number of nitrogens with zero attached hydrogens (tertiary/aromatic N) is 4. The van der Waals surface area contributed by atoms with Gasteiger partial charge in [-0.25, -0.2) is 9.19 Å². The predicted molar refractivity (Wildman–Crippen MR) is 255 cm³/mol. The van der Waals surface area contributed by atoms with Crippen molar-refractivity contribution in [2.75, 3.05) is 69.4 Å². The van der Waals surface area contributed by atoms with Crippen LogP contribution in [0, 0.1) is 5.41 Å². The molecule has 3 heterocycles. The van der Waals surface area contributed by atoms with E-state index in [1.165, 1.54) is 49.8 Å². The molecule has 2 fully saturated rings. The van der Waals surface area contributed by atoms with Crippen molar-refractivity contribution in [3.8, 4) is 0 Å². The van der Waals surface area contributed by atoms with Crippen molar-refractivity contribution in [3.63, 3.8) is 0 Å². The second kappa shape index (κ2) is 19.4. The molecule has 0 amide bonds. The molecule has 320 valence electrons. The first kappa shape index (κ1) is 42.7. The molecule has 5 aromatic rings. The molecule has 2 aliphatic carbocycles. The van der Waals surface area contributed by atoms with Gasteiger partial charge in [-0.05, 0) is 134 Å². The molecule has 3 aliphatic rings. The van der Waals surface area contributed by atoms with Crippen LogP contribution in [0.3, 0.4) is 0 Å². The number of nitrogens with two attached hydrogens (primary N) is 2. The van der Waals surface area contributed by atoms with Crippen molar-refractivity contribution in [2.24, 2.45) is 10.4 Å². The number of hydrogen-bond donors (Lipinski definition) is 4. The number of aromatic amines is 1. The fourth-order valence-electron chi connectivity index (χ4n) is 9.28. The lowest BCUT2D eigenvalue weighted by atomic mass is 9.59. The van der Waals surface area contributed by atoms with Crippen LogP contribution >= 0.6 is 11.6 Å². The Morgan fingerprint density at radius 2 is 1.80 bits per heavy atom. The Morgan fingerprint density at radius 1 is 1.02 bits per heavy atom. The number of piperazine rings is 1. The fourth-order valence-corrected chi connectivity index (χ4v) is 10.3. The molecule has 1 saturated carbocycles. The van der Waals surface area contributed by atoms with E-state index in [0.29, 0.717) is 45.9 Å². The van der Waals surface area contributed by atoms with Crippen LogP contribution in [0.2, 0.25) is 5.02 Å². The summed E-state index contributed by atoms with van der Waals surface area (Å²) in [6.07, 6.45) is 17.0. The lowest BCUT2D eigenvalue weighted by Gasteiger charge is -2.47. The van der Waals surface area contributed by atoms with Gasteiger partial charge in [-0.3, -0.25) is 9.89 Å². The summed E-state index contributed by atoms with van der Waals surface area (Å²) >= 11 is 6.31. The minimum atomic E-state index is -1.67. The molecule has 12 heteroatoms. The first-order valence-corrected chi connectivity index (χ1v) is 23.2. The van der Waals surface area contributed by atoms with E-state index < -0.39 is 11.0 Å². The summed E-state index contributed by atoms with van der Waals surface area (Å²) in [4.78, 5) is 18.0. The molecule has 6 N–H and O–H groups in total. The van der Waals surface area contributed by atoms with E-state index in [4.69, 9.17) is 27.8 Å². The highest BCUT2D eigenvalue weighted by molar-refractivity contribution is 7.83.